The van der Waals surface area contributed by atoms with Crippen molar-refractivity contribution in [3.63, 3.8) is 0 Å². The molecule has 0 unspecified atom stereocenters. The molecule has 0 radical (unpaired) electrons. The molecule has 0 atom stereocenters. The molecule has 1 aromatic carbocycles. The number of amides is 1. The number of halogens is 2. The van der Waals surface area contributed by atoms with Crippen LogP contribution in [0.5, 0.6) is 0 Å². The van der Waals surface area contributed by atoms with Crippen molar-refractivity contribution in [3.8, 4) is 0 Å². The zero-order valence-electron chi connectivity index (χ0n) is 11.6. The van der Waals surface area contributed by atoms with Crippen molar-refractivity contribution in [2.45, 2.75) is 19.3 Å². The lowest BCUT2D eigenvalue weighted by molar-refractivity contribution is -0.122. The highest BCUT2D eigenvalue weighted by Crippen LogP contribution is 2.31. The molecule has 1 amide bonds. The summed E-state index contributed by atoms with van der Waals surface area (Å²) in [5.74, 6) is 1.09. The molecule has 1 saturated carbocycles. The molecule has 114 valence electrons. The molecule has 22 heavy (non-hydrogen) atoms. The Labute approximate surface area is 138 Å². The first-order chi connectivity index (χ1) is 10.6. The first-order valence-electron chi connectivity index (χ1n) is 6.99. The molecule has 1 aliphatic rings. The fourth-order valence-electron chi connectivity index (χ4n) is 2.10. The standard InChI is InChI=1S/C15H14Cl2N4O/c16-10-5-2-6-11(14(10)17)18-12-7-8-13(21-20-12)19-15(22)9-3-1-4-9/h2,5-9H,1,3-4H2,(H,18,20)(H,19,21,22). The van der Waals surface area contributed by atoms with Crippen LogP contribution in [0.25, 0.3) is 0 Å². The molecule has 7 heteroatoms. The summed E-state index contributed by atoms with van der Waals surface area (Å²) in [6, 6.07) is 8.71. The Morgan fingerprint density at radius 2 is 1.82 bits per heavy atom. The van der Waals surface area contributed by atoms with Gasteiger partial charge in [0.2, 0.25) is 5.91 Å². The van der Waals surface area contributed by atoms with E-state index in [4.69, 9.17) is 23.2 Å². The van der Waals surface area contributed by atoms with Gasteiger partial charge in [-0.3, -0.25) is 4.79 Å². The molecule has 0 spiro atoms. The fraction of sp³-hybridized carbons (Fsp3) is 0.267. The Kier molecular flexibility index (Phi) is 4.45. The average Bonchev–Trinajstić information content (AvgIpc) is 2.44. The number of hydrogen-bond acceptors (Lipinski definition) is 4. The third-order valence-corrected chi connectivity index (χ3v) is 4.43. The number of nitrogens with zero attached hydrogens (tertiary/aromatic N) is 2. The predicted octanol–water partition coefficient (Wildman–Crippen LogP) is 4.27. The minimum Gasteiger partial charge on any atom is -0.337 e. The third-order valence-electron chi connectivity index (χ3n) is 3.61. The van der Waals surface area contributed by atoms with Gasteiger partial charge in [0, 0.05) is 5.92 Å². The van der Waals surface area contributed by atoms with Gasteiger partial charge in [0.05, 0.1) is 15.7 Å². The van der Waals surface area contributed by atoms with Crippen LogP contribution in [0.15, 0.2) is 30.3 Å². The fourth-order valence-corrected chi connectivity index (χ4v) is 2.45. The summed E-state index contributed by atoms with van der Waals surface area (Å²) in [5.41, 5.74) is 0.648. The summed E-state index contributed by atoms with van der Waals surface area (Å²) >= 11 is 12.1. The van der Waals surface area contributed by atoms with Crippen LogP contribution < -0.4 is 10.6 Å². The van der Waals surface area contributed by atoms with Crippen molar-refractivity contribution >= 4 is 46.4 Å². The smallest absolute Gasteiger partial charge is 0.228 e. The maximum atomic E-state index is 11.8. The molecule has 0 saturated heterocycles. The number of hydrogen-bond donors (Lipinski definition) is 2. The van der Waals surface area contributed by atoms with Gasteiger partial charge < -0.3 is 10.6 Å². The molecule has 2 N–H and O–H groups in total. The van der Waals surface area contributed by atoms with Crippen LogP contribution in [-0.4, -0.2) is 16.1 Å². The van der Waals surface area contributed by atoms with E-state index < -0.39 is 0 Å². The van der Waals surface area contributed by atoms with Crippen LogP contribution in [0.4, 0.5) is 17.3 Å². The van der Waals surface area contributed by atoms with Crippen LogP contribution in [0.3, 0.4) is 0 Å². The maximum Gasteiger partial charge on any atom is 0.228 e. The van der Waals surface area contributed by atoms with Crippen molar-refractivity contribution < 1.29 is 4.79 Å². The van der Waals surface area contributed by atoms with Gasteiger partial charge in [0.15, 0.2) is 11.6 Å². The number of carbonyl (C=O) groups is 1. The molecule has 1 fully saturated rings. The van der Waals surface area contributed by atoms with E-state index in [0.717, 1.165) is 19.3 Å². The van der Waals surface area contributed by atoms with Gasteiger partial charge in [-0.25, -0.2) is 0 Å². The number of rotatable bonds is 4. The first-order valence-corrected chi connectivity index (χ1v) is 7.75. The van der Waals surface area contributed by atoms with E-state index >= 15 is 0 Å². The van der Waals surface area contributed by atoms with Crippen LogP contribution in [-0.2, 0) is 4.79 Å². The predicted molar refractivity (Wildman–Crippen MR) is 87.7 cm³/mol. The molecule has 0 aliphatic heterocycles. The second-order valence-corrected chi connectivity index (χ2v) is 5.93. The molecule has 1 heterocycles. The van der Waals surface area contributed by atoms with Crippen molar-refractivity contribution in [1.29, 1.82) is 0 Å². The second kappa shape index (κ2) is 6.50. The highest BCUT2D eigenvalue weighted by molar-refractivity contribution is 6.43. The van der Waals surface area contributed by atoms with Gasteiger partial charge >= 0.3 is 0 Å². The maximum absolute atomic E-state index is 11.8. The van der Waals surface area contributed by atoms with Crippen molar-refractivity contribution in [2.24, 2.45) is 5.92 Å². The Hall–Kier alpha value is -1.85. The van der Waals surface area contributed by atoms with Gasteiger partial charge in [-0.15, -0.1) is 10.2 Å². The van der Waals surface area contributed by atoms with Gasteiger partial charge in [-0.2, -0.15) is 0 Å². The summed E-state index contributed by atoms with van der Waals surface area (Å²) in [4.78, 5) is 11.8. The van der Waals surface area contributed by atoms with Gasteiger partial charge in [0.25, 0.3) is 0 Å². The molecule has 3 rings (SSSR count). The summed E-state index contributed by atoms with van der Waals surface area (Å²) in [6.07, 6.45) is 3.02. The zero-order chi connectivity index (χ0) is 15.5. The Morgan fingerprint density at radius 1 is 1.09 bits per heavy atom. The highest BCUT2D eigenvalue weighted by Gasteiger charge is 2.25. The van der Waals surface area contributed by atoms with E-state index in [-0.39, 0.29) is 11.8 Å². The summed E-state index contributed by atoms with van der Waals surface area (Å²) < 4.78 is 0. The lowest BCUT2D eigenvalue weighted by atomic mass is 9.85. The summed E-state index contributed by atoms with van der Waals surface area (Å²) in [6.45, 7) is 0. The number of carbonyl (C=O) groups excluding carboxylic acids is 1. The largest absolute Gasteiger partial charge is 0.337 e. The van der Waals surface area contributed by atoms with Gasteiger partial charge in [-0.05, 0) is 37.1 Å². The van der Waals surface area contributed by atoms with Crippen LogP contribution in [0.1, 0.15) is 19.3 Å². The second-order valence-electron chi connectivity index (χ2n) is 5.15. The Balaban J connectivity index is 1.66. The lowest BCUT2D eigenvalue weighted by Crippen LogP contribution is -2.28. The number of nitrogens with one attached hydrogen (secondary N) is 2. The highest BCUT2D eigenvalue weighted by atomic mass is 35.5. The van der Waals surface area contributed by atoms with E-state index in [1.807, 2.05) is 0 Å². The minimum absolute atomic E-state index is 0.0131. The van der Waals surface area contributed by atoms with Crippen LogP contribution in [0, 0.1) is 5.92 Å². The van der Waals surface area contributed by atoms with Crippen LogP contribution in [0.2, 0.25) is 10.0 Å². The molecule has 0 bridgehead atoms. The number of aromatic nitrogens is 2. The molecule has 1 aromatic heterocycles. The van der Waals surface area contributed by atoms with E-state index in [1.54, 1.807) is 30.3 Å². The molecule has 5 nitrogen and oxygen atoms in total. The Bertz CT molecular complexity index is 686. The van der Waals surface area contributed by atoms with Crippen molar-refractivity contribution in [3.05, 3.63) is 40.4 Å². The monoisotopic (exact) mass is 336 g/mol. The quantitative estimate of drug-likeness (QED) is 0.874. The van der Waals surface area contributed by atoms with E-state index in [2.05, 4.69) is 20.8 Å². The Morgan fingerprint density at radius 3 is 2.45 bits per heavy atom. The first kappa shape index (κ1) is 15.1. The van der Waals surface area contributed by atoms with E-state index in [0.29, 0.717) is 27.4 Å². The van der Waals surface area contributed by atoms with Crippen LogP contribution >= 0.6 is 23.2 Å². The normalized spacial score (nSPS) is 14.3. The molecule has 2 aromatic rings. The number of benzene rings is 1. The van der Waals surface area contributed by atoms with Gasteiger partial charge in [0.1, 0.15) is 0 Å². The lowest BCUT2D eigenvalue weighted by Gasteiger charge is -2.23. The summed E-state index contributed by atoms with van der Waals surface area (Å²) in [7, 11) is 0. The molecular formula is C15H14Cl2N4O. The SMILES string of the molecule is O=C(Nc1ccc(Nc2cccc(Cl)c2Cl)nn1)C1CCC1. The molecular weight excluding hydrogens is 323 g/mol. The topological polar surface area (TPSA) is 66.9 Å². The van der Waals surface area contributed by atoms with Crippen molar-refractivity contribution in [2.75, 3.05) is 10.6 Å². The molecule has 1 aliphatic carbocycles. The summed E-state index contributed by atoms with van der Waals surface area (Å²) in [5, 5.41) is 14.7. The van der Waals surface area contributed by atoms with E-state index in [1.165, 1.54) is 0 Å². The number of anilines is 3. The zero-order valence-corrected chi connectivity index (χ0v) is 13.2. The average molecular weight is 337 g/mol. The van der Waals surface area contributed by atoms with Gasteiger partial charge in [-0.1, -0.05) is 35.7 Å². The van der Waals surface area contributed by atoms with Crippen molar-refractivity contribution in [1.82, 2.24) is 10.2 Å². The van der Waals surface area contributed by atoms with E-state index in [9.17, 15) is 4.79 Å². The third kappa shape index (κ3) is 3.31. The minimum atomic E-state index is 0.0131.